The van der Waals surface area contributed by atoms with Crippen LogP contribution in [0.1, 0.15) is 21.6 Å². The summed E-state index contributed by atoms with van der Waals surface area (Å²) in [4.78, 5) is 22.3. The van der Waals surface area contributed by atoms with Gasteiger partial charge in [-0.3, -0.25) is 4.98 Å². The van der Waals surface area contributed by atoms with Gasteiger partial charge in [0.25, 0.3) is 0 Å². The molecule has 0 saturated heterocycles. The molecule has 0 aliphatic carbocycles. The summed E-state index contributed by atoms with van der Waals surface area (Å²) in [6, 6.07) is 30.2. The molecule has 9 heteroatoms. The Bertz CT molecular complexity index is 1660. The molecule has 0 unspecified atom stereocenters. The molecule has 0 aliphatic rings. The SMILES string of the molecule is COc1ccc(COc2ccc(-c3ccc(-c4nc(C(=O)OCc5ccccc5)cn4COCC[Si](C)(C)C)cn3)cc2)cc1. The quantitative estimate of drug-likeness (QED) is 0.0709. The lowest BCUT2D eigenvalue weighted by atomic mass is 10.1. The zero-order chi connectivity index (χ0) is 31.6. The highest BCUT2D eigenvalue weighted by atomic mass is 28.3. The standard InChI is InChI=1S/C36H39N3O5Si/c1-41-31-15-10-28(11-16-31)24-43-32-17-12-29(13-18-32)33-19-14-30(22-37-33)35-38-34(23-39(35)26-42-20-21-45(2,3)4)36(40)44-25-27-8-6-5-7-9-27/h5-19,22-23H,20-21,24-26H2,1-4H3. The van der Waals surface area contributed by atoms with Crippen LogP contribution in [0.5, 0.6) is 11.5 Å². The van der Waals surface area contributed by atoms with Crippen LogP contribution in [-0.4, -0.2) is 42.3 Å². The Balaban J connectivity index is 1.27. The Hall–Kier alpha value is -4.73. The fraction of sp³-hybridized carbons (Fsp3) is 0.250. The summed E-state index contributed by atoms with van der Waals surface area (Å²) in [6.07, 6.45) is 3.46. The van der Waals surface area contributed by atoms with Crippen molar-refractivity contribution in [3.8, 4) is 34.1 Å². The number of pyridine rings is 1. The van der Waals surface area contributed by atoms with Gasteiger partial charge >= 0.3 is 5.97 Å². The molecule has 0 atom stereocenters. The van der Waals surface area contributed by atoms with E-state index in [2.05, 4.69) is 24.6 Å². The van der Waals surface area contributed by atoms with E-state index in [1.807, 2.05) is 95.6 Å². The average Bonchev–Trinajstić information content (AvgIpc) is 3.49. The minimum absolute atomic E-state index is 0.177. The van der Waals surface area contributed by atoms with Gasteiger partial charge in [0, 0.05) is 38.2 Å². The third-order valence-corrected chi connectivity index (χ3v) is 8.87. The van der Waals surface area contributed by atoms with Crippen molar-refractivity contribution in [2.45, 2.75) is 45.6 Å². The van der Waals surface area contributed by atoms with Crippen LogP contribution in [0.15, 0.2) is 103 Å². The van der Waals surface area contributed by atoms with E-state index in [1.165, 1.54) is 0 Å². The maximum Gasteiger partial charge on any atom is 0.358 e. The third kappa shape index (κ3) is 9.13. The average molecular weight is 622 g/mol. The molecule has 3 aromatic carbocycles. The van der Waals surface area contributed by atoms with Crippen LogP contribution in [0.25, 0.3) is 22.6 Å². The second-order valence-corrected chi connectivity index (χ2v) is 17.5. The Kier molecular flexibility index (Phi) is 10.4. The van der Waals surface area contributed by atoms with Crippen LogP contribution in [0, 0.1) is 0 Å². The van der Waals surface area contributed by atoms with Gasteiger partial charge in [0.2, 0.25) is 0 Å². The smallest absolute Gasteiger partial charge is 0.358 e. The summed E-state index contributed by atoms with van der Waals surface area (Å²) in [5.74, 6) is 1.70. The summed E-state index contributed by atoms with van der Waals surface area (Å²) >= 11 is 0. The van der Waals surface area contributed by atoms with Crippen molar-refractivity contribution in [2.24, 2.45) is 0 Å². The van der Waals surface area contributed by atoms with Crippen molar-refractivity contribution in [2.75, 3.05) is 13.7 Å². The molecule has 232 valence electrons. The van der Waals surface area contributed by atoms with Crippen molar-refractivity contribution < 1.29 is 23.7 Å². The largest absolute Gasteiger partial charge is 0.497 e. The molecule has 2 heterocycles. The van der Waals surface area contributed by atoms with Crippen LogP contribution in [0.2, 0.25) is 25.7 Å². The predicted octanol–water partition coefficient (Wildman–Crippen LogP) is 7.87. The number of aromatic nitrogens is 3. The molecule has 0 amide bonds. The molecular formula is C36H39N3O5Si. The van der Waals surface area contributed by atoms with Gasteiger partial charge in [0.15, 0.2) is 5.69 Å². The summed E-state index contributed by atoms with van der Waals surface area (Å²) in [7, 11) is 0.411. The fourth-order valence-electron chi connectivity index (χ4n) is 4.49. The second-order valence-electron chi connectivity index (χ2n) is 11.9. The topological polar surface area (TPSA) is 84.7 Å². The summed E-state index contributed by atoms with van der Waals surface area (Å²) in [5, 5.41) is 0. The molecule has 0 saturated carbocycles. The Morgan fingerprint density at radius 2 is 1.49 bits per heavy atom. The van der Waals surface area contributed by atoms with E-state index in [4.69, 9.17) is 23.9 Å². The number of benzene rings is 3. The van der Waals surface area contributed by atoms with Crippen LogP contribution in [0.4, 0.5) is 0 Å². The van der Waals surface area contributed by atoms with Crippen LogP contribution >= 0.6 is 0 Å². The summed E-state index contributed by atoms with van der Waals surface area (Å²) < 4.78 is 24.6. The highest BCUT2D eigenvalue weighted by Crippen LogP contribution is 2.25. The van der Waals surface area contributed by atoms with Crippen LogP contribution < -0.4 is 9.47 Å². The van der Waals surface area contributed by atoms with Crippen LogP contribution in [-0.2, 0) is 29.4 Å². The third-order valence-electron chi connectivity index (χ3n) is 7.16. The first kappa shape index (κ1) is 31.7. The number of carbonyl (C=O) groups is 1. The minimum atomic E-state index is -1.24. The first-order valence-corrected chi connectivity index (χ1v) is 18.7. The summed E-state index contributed by atoms with van der Waals surface area (Å²) in [5.41, 5.74) is 4.74. The van der Waals surface area contributed by atoms with Crippen molar-refractivity contribution in [1.29, 1.82) is 0 Å². The van der Waals surface area contributed by atoms with Crippen molar-refractivity contribution in [3.63, 3.8) is 0 Å². The number of esters is 1. The lowest BCUT2D eigenvalue weighted by Crippen LogP contribution is -2.22. The zero-order valence-electron chi connectivity index (χ0n) is 26.2. The number of methoxy groups -OCH3 is 1. The van der Waals surface area contributed by atoms with Crippen molar-refractivity contribution in [3.05, 3.63) is 120 Å². The molecule has 0 bridgehead atoms. The number of carbonyl (C=O) groups excluding carboxylic acids is 1. The lowest BCUT2D eigenvalue weighted by Gasteiger charge is -2.16. The molecule has 5 rings (SSSR count). The maximum absolute atomic E-state index is 12.9. The Labute approximate surface area is 265 Å². The maximum atomic E-state index is 12.9. The fourth-order valence-corrected chi connectivity index (χ4v) is 5.25. The molecular weight excluding hydrogens is 582 g/mol. The molecule has 0 N–H and O–H groups in total. The molecule has 0 spiro atoms. The monoisotopic (exact) mass is 621 g/mol. The number of nitrogens with zero attached hydrogens (tertiary/aromatic N) is 3. The zero-order valence-corrected chi connectivity index (χ0v) is 27.2. The van der Waals surface area contributed by atoms with E-state index in [0.717, 1.165) is 45.5 Å². The number of ether oxygens (including phenoxy) is 4. The van der Waals surface area contributed by atoms with Gasteiger partial charge in [0.1, 0.15) is 37.3 Å². The molecule has 0 radical (unpaired) electrons. The molecule has 8 nitrogen and oxygen atoms in total. The molecule has 0 fully saturated rings. The first-order chi connectivity index (χ1) is 21.8. The summed E-state index contributed by atoms with van der Waals surface area (Å²) in [6.45, 7) is 8.52. The number of hydrogen-bond acceptors (Lipinski definition) is 7. The normalized spacial score (nSPS) is 11.3. The van der Waals surface area contributed by atoms with Gasteiger partial charge in [-0.15, -0.1) is 0 Å². The lowest BCUT2D eigenvalue weighted by molar-refractivity contribution is 0.0465. The minimum Gasteiger partial charge on any atom is -0.497 e. The molecule has 0 aliphatic heterocycles. The second kappa shape index (κ2) is 14.8. The Morgan fingerprint density at radius 1 is 0.800 bits per heavy atom. The molecule has 45 heavy (non-hydrogen) atoms. The first-order valence-electron chi connectivity index (χ1n) is 15.0. The highest BCUT2D eigenvalue weighted by Gasteiger charge is 2.19. The van der Waals surface area contributed by atoms with Gasteiger partial charge in [-0.2, -0.15) is 0 Å². The molecule has 2 aromatic heterocycles. The van der Waals surface area contributed by atoms with E-state index >= 15 is 0 Å². The number of rotatable bonds is 14. The van der Waals surface area contributed by atoms with E-state index in [9.17, 15) is 4.79 Å². The van der Waals surface area contributed by atoms with E-state index in [1.54, 1.807) is 19.5 Å². The van der Waals surface area contributed by atoms with E-state index in [0.29, 0.717) is 19.0 Å². The van der Waals surface area contributed by atoms with Crippen molar-refractivity contribution in [1.82, 2.24) is 14.5 Å². The Morgan fingerprint density at radius 3 is 2.16 bits per heavy atom. The van der Waals surface area contributed by atoms with Gasteiger partial charge < -0.3 is 23.5 Å². The van der Waals surface area contributed by atoms with Gasteiger partial charge in [-0.1, -0.05) is 62.1 Å². The van der Waals surface area contributed by atoms with E-state index in [-0.39, 0.29) is 19.0 Å². The van der Waals surface area contributed by atoms with Gasteiger partial charge in [-0.05, 0) is 65.7 Å². The number of hydrogen-bond donors (Lipinski definition) is 0. The number of imidazole rings is 1. The highest BCUT2D eigenvalue weighted by molar-refractivity contribution is 6.76. The van der Waals surface area contributed by atoms with Crippen LogP contribution in [0.3, 0.4) is 0 Å². The van der Waals surface area contributed by atoms with Crippen molar-refractivity contribution >= 4 is 14.0 Å². The predicted molar refractivity (Wildman–Crippen MR) is 178 cm³/mol. The molecule has 5 aromatic rings. The van der Waals surface area contributed by atoms with Gasteiger partial charge in [0.05, 0.1) is 12.8 Å². The van der Waals surface area contributed by atoms with Gasteiger partial charge in [-0.25, -0.2) is 9.78 Å². The van der Waals surface area contributed by atoms with E-state index < -0.39 is 14.0 Å².